The van der Waals surface area contributed by atoms with Gasteiger partial charge in [-0.15, -0.1) is 10.2 Å². The van der Waals surface area contributed by atoms with Gasteiger partial charge >= 0.3 is 0 Å². The molecule has 1 saturated heterocycles. The molecule has 1 unspecified atom stereocenters. The summed E-state index contributed by atoms with van der Waals surface area (Å²) in [7, 11) is 1.76. The van der Waals surface area contributed by atoms with Gasteiger partial charge in [0.2, 0.25) is 0 Å². The zero-order valence-electron chi connectivity index (χ0n) is 8.63. The number of hydrogen-bond donors (Lipinski definition) is 1. The molecule has 1 fully saturated rings. The van der Waals surface area contributed by atoms with Crippen LogP contribution < -0.4 is 5.73 Å². The minimum atomic E-state index is 0.198. The maximum atomic E-state index is 5.68. The Bertz CT molecular complexity index is 362. The molecule has 0 aromatic carbocycles. The molecular formula is C8H14N6S. The van der Waals surface area contributed by atoms with Crippen LogP contribution in [-0.4, -0.2) is 42.7 Å². The van der Waals surface area contributed by atoms with Crippen molar-refractivity contribution in [3.8, 4) is 0 Å². The lowest BCUT2D eigenvalue weighted by molar-refractivity contribution is 0.287. The lowest BCUT2D eigenvalue weighted by atomic mass is 10.2. The van der Waals surface area contributed by atoms with E-state index >= 15 is 0 Å². The van der Waals surface area contributed by atoms with Crippen LogP contribution in [0.3, 0.4) is 0 Å². The minimum Gasteiger partial charge on any atom is -0.392 e. The van der Waals surface area contributed by atoms with Gasteiger partial charge in [-0.05, 0) is 24.6 Å². The van der Waals surface area contributed by atoms with Crippen molar-refractivity contribution in [3.63, 3.8) is 0 Å². The second kappa shape index (κ2) is 4.19. The van der Waals surface area contributed by atoms with Gasteiger partial charge in [-0.2, -0.15) is 4.80 Å². The monoisotopic (exact) mass is 226 g/mol. The van der Waals surface area contributed by atoms with Crippen LogP contribution in [0.1, 0.15) is 18.7 Å². The van der Waals surface area contributed by atoms with E-state index in [1.807, 2.05) is 0 Å². The second-order valence-corrected chi connectivity index (χ2v) is 4.20. The summed E-state index contributed by atoms with van der Waals surface area (Å²) in [6.45, 7) is 1.68. The van der Waals surface area contributed by atoms with Crippen LogP contribution in [0.2, 0.25) is 0 Å². The largest absolute Gasteiger partial charge is 0.392 e. The predicted octanol–water partition coefficient (Wildman–Crippen LogP) is -0.539. The Labute approximate surface area is 93.4 Å². The van der Waals surface area contributed by atoms with Crippen LogP contribution in [-0.2, 0) is 13.6 Å². The molecule has 0 aliphatic carbocycles. The van der Waals surface area contributed by atoms with Crippen LogP contribution in [0.25, 0.3) is 0 Å². The Morgan fingerprint density at radius 1 is 1.67 bits per heavy atom. The first-order valence-corrected chi connectivity index (χ1v) is 5.34. The Kier molecular flexibility index (Phi) is 2.92. The fourth-order valence-corrected chi connectivity index (χ4v) is 2.17. The second-order valence-electron chi connectivity index (χ2n) is 3.73. The topological polar surface area (TPSA) is 72.9 Å². The van der Waals surface area contributed by atoms with Gasteiger partial charge in [-0.25, -0.2) is 0 Å². The molecule has 1 aromatic rings. The molecule has 1 aliphatic rings. The fourth-order valence-electron chi connectivity index (χ4n) is 1.91. The summed E-state index contributed by atoms with van der Waals surface area (Å²) < 4.78 is 0. The number of aryl methyl sites for hydroxylation is 1. The highest BCUT2D eigenvalue weighted by atomic mass is 32.1. The Balaban J connectivity index is 2.02. The van der Waals surface area contributed by atoms with Crippen molar-refractivity contribution in [2.45, 2.75) is 25.4 Å². The molecule has 1 aliphatic heterocycles. The van der Waals surface area contributed by atoms with E-state index in [2.05, 4.69) is 20.3 Å². The number of nitrogens with two attached hydrogens (primary N) is 1. The molecule has 7 heteroatoms. The molecule has 6 nitrogen and oxygen atoms in total. The summed E-state index contributed by atoms with van der Waals surface area (Å²) >= 11 is 5.03. The molecule has 15 heavy (non-hydrogen) atoms. The maximum absolute atomic E-state index is 5.68. The molecule has 0 bridgehead atoms. The van der Waals surface area contributed by atoms with E-state index in [0.29, 0.717) is 11.5 Å². The molecule has 0 saturated carbocycles. The third-order valence-corrected chi connectivity index (χ3v) is 2.86. The van der Waals surface area contributed by atoms with Crippen molar-refractivity contribution in [1.82, 2.24) is 25.1 Å². The van der Waals surface area contributed by atoms with Gasteiger partial charge in [0.25, 0.3) is 0 Å². The number of rotatable bonds is 3. The standard InChI is InChI=1S/C8H14N6S/c1-13-11-7(10-12-13)5-14-4-2-3-6(14)8(9)15/h6H,2-5H2,1H3,(H2,9,15). The van der Waals surface area contributed by atoms with Crippen molar-refractivity contribution < 1.29 is 0 Å². The predicted molar refractivity (Wildman–Crippen MR) is 59.0 cm³/mol. The fraction of sp³-hybridized carbons (Fsp3) is 0.750. The molecule has 0 amide bonds. The Morgan fingerprint density at radius 3 is 3.07 bits per heavy atom. The Morgan fingerprint density at radius 2 is 2.47 bits per heavy atom. The average Bonchev–Trinajstić information content (AvgIpc) is 2.75. The zero-order chi connectivity index (χ0) is 10.8. The van der Waals surface area contributed by atoms with Crippen LogP contribution in [0, 0.1) is 0 Å². The van der Waals surface area contributed by atoms with Gasteiger partial charge in [0.05, 0.1) is 24.6 Å². The van der Waals surface area contributed by atoms with Crippen molar-refractivity contribution in [2.24, 2.45) is 12.8 Å². The van der Waals surface area contributed by atoms with Gasteiger partial charge < -0.3 is 5.73 Å². The third-order valence-electron chi connectivity index (χ3n) is 2.59. The number of hydrogen-bond acceptors (Lipinski definition) is 5. The SMILES string of the molecule is Cn1nnc(CN2CCCC2C(N)=S)n1. The molecular weight excluding hydrogens is 212 g/mol. The van der Waals surface area contributed by atoms with E-state index in [1.54, 1.807) is 7.05 Å². The number of aromatic nitrogens is 4. The molecule has 2 heterocycles. The molecule has 82 valence electrons. The normalized spacial score (nSPS) is 22.1. The summed E-state index contributed by atoms with van der Waals surface area (Å²) in [6.07, 6.45) is 2.16. The highest BCUT2D eigenvalue weighted by Crippen LogP contribution is 2.18. The Hall–Kier alpha value is -1.08. The molecule has 0 spiro atoms. The van der Waals surface area contributed by atoms with Crippen molar-refractivity contribution in [1.29, 1.82) is 0 Å². The molecule has 1 aromatic heterocycles. The number of tetrazole rings is 1. The minimum absolute atomic E-state index is 0.198. The first-order chi connectivity index (χ1) is 7.16. The molecule has 0 radical (unpaired) electrons. The first kappa shape index (κ1) is 10.4. The van der Waals surface area contributed by atoms with Gasteiger partial charge in [0, 0.05) is 0 Å². The highest BCUT2D eigenvalue weighted by Gasteiger charge is 2.27. The van der Waals surface area contributed by atoms with Crippen LogP contribution in [0.4, 0.5) is 0 Å². The maximum Gasteiger partial charge on any atom is 0.188 e. The van der Waals surface area contributed by atoms with E-state index in [9.17, 15) is 0 Å². The van der Waals surface area contributed by atoms with Gasteiger partial charge in [0.15, 0.2) is 5.82 Å². The summed E-state index contributed by atoms with van der Waals surface area (Å²) in [5, 5.41) is 11.9. The number of nitrogens with zero attached hydrogens (tertiary/aromatic N) is 5. The lowest BCUT2D eigenvalue weighted by Gasteiger charge is -2.21. The quantitative estimate of drug-likeness (QED) is 0.698. The summed E-state index contributed by atoms with van der Waals surface area (Å²) in [6, 6.07) is 0.198. The zero-order valence-corrected chi connectivity index (χ0v) is 9.44. The average molecular weight is 226 g/mol. The molecule has 1 atom stereocenters. The van der Waals surface area contributed by atoms with Crippen molar-refractivity contribution in [2.75, 3.05) is 6.54 Å². The van der Waals surface area contributed by atoms with Crippen molar-refractivity contribution >= 4 is 17.2 Å². The lowest BCUT2D eigenvalue weighted by Crippen LogP contribution is -2.38. The van der Waals surface area contributed by atoms with Crippen LogP contribution >= 0.6 is 12.2 Å². The van der Waals surface area contributed by atoms with Crippen molar-refractivity contribution in [3.05, 3.63) is 5.82 Å². The van der Waals surface area contributed by atoms with E-state index in [-0.39, 0.29) is 6.04 Å². The van der Waals surface area contributed by atoms with E-state index in [1.165, 1.54) is 4.80 Å². The third kappa shape index (κ3) is 2.29. The van der Waals surface area contributed by atoms with Crippen LogP contribution in [0.5, 0.6) is 0 Å². The molecule has 2 N–H and O–H groups in total. The highest BCUT2D eigenvalue weighted by molar-refractivity contribution is 7.80. The van der Waals surface area contributed by atoms with Gasteiger partial charge in [0.1, 0.15) is 0 Å². The van der Waals surface area contributed by atoms with Gasteiger partial charge in [-0.1, -0.05) is 12.2 Å². The van der Waals surface area contributed by atoms with Gasteiger partial charge in [-0.3, -0.25) is 4.90 Å². The smallest absolute Gasteiger partial charge is 0.188 e. The number of likely N-dealkylation sites (tertiary alicyclic amines) is 1. The van der Waals surface area contributed by atoms with E-state index in [0.717, 1.165) is 25.2 Å². The van der Waals surface area contributed by atoms with E-state index < -0.39 is 0 Å². The van der Waals surface area contributed by atoms with E-state index in [4.69, 9.17) is 18.0 Å². The molecule has 2 rings (SSSR count). The summed E-state index contributed by atoms with van der Waals surface area (Å²) in [4.78, 5) is 4.23. The number of thiocarbonyl (C=S) groups is 1. The summed E-state index contributed by atoms with van der Waals surface area (Å²) in [5.41, 5.74) is 5.68. The summed E-state index contributed by atoms with van der Waals surface area (Å²) in [5.74, 6) is 0.723. The first-order valence-electron chi connectivity index (χ1n) is 4.93. The van der Waals surface area contributed by atoms with Crippen LogP contribution in [0.15, 0.2) is 0 Å².